The Kier molecular flexibility index (Phi) is 53.8. The van der Waals surface area contributed by atoms with Crippen LogP contribution in [-0.4, -0.2) is 37.2 Å². The molecule has 0 amide bonds. The van der Waals surface area contributed by atoms with Crippen molar-refractivity contribution in [3.8, 4) is 0 Å². The summed E-state index contributed by atoms with van der Waals surface area (Å²) >= 11 is 0. The van der Waals surface area contributed by atoms with E-state index in [0.717, 1.165) is 96.3 Å². The Hall–Kier alpha value is -3.15. The normalized spacial score (nSPS) is 12.6. The number of allylic oxidation sites excluding steroid dienone is 12. The van der Waals surface area contributed by atoms with Crippen LogP contribution in [0.3, 0.4) is 0 Å². The Bertz CT molecular complexity index is 1270. The van der Waals surface area contributed by atoms with E-state index < -0.39 is 6.10 Å². The summed E-state index contributed by atoms with van der Waals surface area (Å²) < 4.78 is 16.8. The van der Waals surface area contributed by atoms with Crippen LogP contribution >= 0.6 is 0 Å². The summed E-state index contributed by atoms with van der Waals surface area (Å²) in [5.74, 6) is -0.906. The van der Waals surface area contributed by atoms with E-state index in [1.807, 2.05) is 0 Å². The van der Waals surface area contributed by atoms with Crippen LogP contribution in [0, 0.1) is 0 Å². The number of hydrogen-bond acceptors (Lipinski definition) is 6. The van der Waals surface area contributed by atoms with Gasteiger partial charge in [0.2, 0.25) is 0 Å². The average molecular weight is 950 g/mol. The van der Waals surface area contributed by atoms with E-state index >= 15 is 0 Å². The zero-order valence-electron chi connectivity index (χ0n) is 44.9. The minimum absolute atomic E-state index is 0.0857. The highest BCUT2D eigenvalue weighted by Crippen LogP contribution is 2.15. The van der Waals surface area contributed by atoms with E-state index in [9.17, 15) is 14.4 Å². The molecule has 0 N–H and O–H groups in total. The Balaban J connectivity index is 4.33. The van der Waals surface area contributed by atoms with Gasteiger partial charge in [-0.1, -0.05) is 229 Å². The van der Waals surface area contributed by atoms with Crippen molar-refractivity contribution >= 4 is 17.9 Å². The lowest BCUT2D eigenvalue weighted by Crippen LogP contribution is -2.30. The summed E-state index contributed by atoms with van der Waals surface area (Å²) in [6.45, 7) is 6.54. The fourth-order valence-corrected chi connectivity index (χ4v) is 8.01. The van der Waals surface area contributed by atoms with Gasteiger partial charge in [-0.05, 0) is 109 Å². The molecule has 1 atom stereocenters. The summed E-state index contributed by atoms with van der Waals surface area (Å²) in [7, 11) is 0. The molecule has 0 heterocycles. The van der Waals surface area contributed by atoms with E-state index in [1.54, 1.807) is 0 Å². The van der Waals surface area contributed by atoms with Crippen LogP contribution < -0.4 is 0 Å². The van der Waals surface area contributed by atoms with E-state index in [-0.39, 0.29) is 31.1 Å². The molecule has 0 aliphatic heterocycles. The molecule has 68 heavy (non-hydrogen) atoms. The first-order valence-corrected chi connectivity index (χ1v) is 28.9. The molecule has 0 fully saturated rings. The van der Waals surface area contributed by atoms with E-state index in [1.165, 1.54) is 148 Å². The summed E-state index contributed by atoms with van der Waals surface area (Å²) in [6.07, 6.45) is 71.8. The zero-order chi connectivity index (χ0) is 49.3. The molecular formula is C62H108O6. The third kappa shape index (κ3) is 53.8. The molecule has 0 saturated heterocycles. The fourth-order valence-electron chi connectivity index (χ4n) is 8.01. The van der Waals surface area contributed by atoms with Crippen LogP contribution in [-0.2, 0) is 28.6 Å². The van der Waals surface area contributed by atoms with Crippen molar-refractivity contribution in [2.75, 3.05) is 13.2 Å². The summed E-state index contributed by atoms with van der Waals surface area (Å²) in [6, 6.07) is 0. The Morgan fingerprint density at radius 3 is 0.926 bits per heavy atom. The topological polar surface area (TPSA) is 78.9 Å². The Labute approximate surface area is 421 Å². The summed E-state index contributed by atoms with van der Waals surface area (Å²) in [5, 5.41) is 0. The number of carbonyl (C=O) groups is 3. The molecule has 1 unspecified atom stereocenters. The standard InChI is InChI=1S/C62H108O6/c1-4-7-10-13-16-19-22-24-26-28-30-31-33-34-36-38-40-43-46-49-52-55-61(64)67-58-59(57-66-60(63)54-51-48-45-42-21-18-15-12-9-6-3)68-62(65)56-53-50-47-44-41-39-37-35-32-29-27-25-23-20-17-14-11-8-5-2/h12,15,17,20,22,24-25,27-28,30,33-34,59H,4-11,13-14,16,18-19,21,23,26,29,31-32,35-58H2,1-3H3/b15-12-,20-17-,24-22-,27-25-,30-28-,34-33-. The third-order valence-corrected chi connectivity index (χ3v) is 12.4. The minimum atomic E-state index is -0.786. The highest BCUT2D eigenvalue weighted by molar-refractivity contribution is 5.71. The van der Waals surface area contributed by atoms with Gasteiger partial charge in [-0.25, -0.2) is 0 Å². The van der Waals surface area contributed by atoms with Crippen molar-refractivity contribution in [1.82, 2.24) is 0 Å². The predicted octanol–water partition coefficient (Wildman–Crippen LogP) is 19.4. The van der Waals surface area contributed by atoms with Gasteiger partial charge in [-0.3, -0.25) is 14.4 Å². The number of ether oxygens (including phenoxy) is 3. The van der Waals surface area contributed by atoms with Crippen LogP contribution in [0.1, 0.15) is 284 Å². The molecule has 392 valence electrons. The number of carbonyl (C=O) groups excluding carboxylic acids is 3. The number of rotatable bonds is 52. The van der Waals surface area contributed by atoms with Crippen molar-refractivity contribution in [2.24, 2.45) is 0 Å². The van der Waals surface area contributed by atoms with Gasteiger partial charge in [0.1, 0.15) is 13.2 Å². The first kappa shape index (κ1) is 64.8. The van der Waals surface area contributed by atoms with Crippen molar-refractivity contribution in [3.63, 3.8) is 0 Å². The number of hydrogen-bond donors (Lipinski definition) is 0. The molecule has 0 spiro atoms. The van der Waals surface area contributed by atoms with E-state index in [0.29, 0.717) is 19.3 Å². The second-order valence-electron chi connectivity index (χ2n) is 19.2. The lowest BCUT2D eigenvalue weighted by Gasteiger charge is -2.18. The molecule has 0 radical (unpaired) electrons. The van der Waals surface area contributed by atoms with Gasteiger partial charge in [-0.2, -0.15) is 0 Å². The Morgan fingerprint density at radius 2 is 0.559 bits per heavy atom. The monoisotopic (exact) mass is 949 g/mol. The number of esters is 3. The maximum absolute atomic E-state index is 12.8. The summed E-state index contributed by atoms with van der Waals surface area (Å²) in [4.78, 5) is 38.1. The molecular weight excluding hydrogens is 841 g/mol. The molecule has 6 heteroatoms. The van der Waals surface area contributed by atoms with Gasteiger partial charge in [0, 0.05) is 19.3 Å². The predicted molar refractivity (Wildman–Crippen MR) is 293 cm³/mol. The smallest absolute Gasteiger partial charge is 0.306 e. The molecule has 0 aromatic carbocycles. The maximum Gasteiger partial charge on any atom is 0.306 e. The van der Waals surface area contributed by atoms with Crippen LogP contribution in [0.15, 0.2) is 72.9 Å². The second-order valence-corrected chi connectivity index (χ2v) is 19.2. The average Bonchev–Trinajstić information content (AvgIpc) is 3.34. The van der Waals surface area contributed by atoms with Crippen molar-refractivity contribution in [3.05, 3.63) is 72.9 Å². The molecule has 0 aliphatic carbocycles. The lowest BCUT2D eigenvalue weighted by molar-refractivity contribution is -0.167. The van der Waals surface area contributed by atoms with E-state index in [2.05, 4.69) is 93.7 Å². The summed E-state index contributed by atoms with van der Waals surface area (Å²) in [5.41, 5.74) is 0. The first-order valence-electron chi connectivity index (χ1n) is 28.9. The third-order valence-electron chi connectivity index (χ3n) is 12.4. The number of unbranched alkanes of at least 4 members (excludes halogenated alkanes) is 29. The zero-order valence-corrected chi connectivity index (χ0v) is 44.9. The largest absolute Gasteiger partial charge is 0.462 e. The van der Waals surface area contributed by atoms with Gasteiger partial charge < -0.3 is 14.2 Å². The molecule has 0 rings (SSSR count). The lowest BCUT2D eigenvalue weighted by atomic mass is 10.1. The van der Waals surface area contributed by atoms with Crippen LogP contribution in [0.2, 0.25) is 0 Å². The second kappa shape index (κ2) is 56.4. The SMILES string of the molecule is CCC/C=C\CCCCCCCC(=O)OCC(COC(=O)CCCCCCCC/C=C\C/C=C\C/C=C\CCCCCCC)OC(=O)CCCCCCCCCCC/C=C\C/C=C\CCCCC. The van der Waals surface area contributed by atoms with Crippen LogP contribution in [0.25, 0.3) is 0 Å². The van der Waals surface area contributed by atoms with Crippen molar-refractivity contribution in [2.45, 2.75) is 290 Å². The molecule has 0 aliphatic rings. The van der Waals surface area contributed by atoms with Gasteiger partial charge in [0.15, 0.2) is 6.10 Å². The fraction of sp³-hybridized carbons (Fsp3) is 0.758. The van der Waals surface area contributed by atoms with Gasteiger partial charge in [-0.15, -0.1) is 0 Å². The van der Waals surface area contributed by atoms with Gasteiger partial charge >= 0.3 is 17.9 Å². The van der Waals surface area contributed by atoms with Gasteiger partial charge in [0.25, 0.3) is 0 Å². The van der Waals surface area contributed by atoms with Gasteiger partial charge in [0.05, 0.1) is 0 Å². The van der Waals surface area contributed by atoms with Crippen LogP contribution in [0.4, 0.5) is 0 Å². The quantitative estimate of drug-likeness (QED) is 0.0262. The van der Waals surface area contributed by atoms with E-state index in [4.69, 9.17) is 14.2 Å². The molecule has 0 bridgehead atoms. The molecule has 0 aromatic rings. The molecule has 6 nitrogen and oxygen atoms in total. The first-order chi connectivity index (χ1) is 33.5. The molecule has 0 saturated carbocycles. The minimum Gasteiger partial charge on any atom is -0.462 e. The molecule has 0 aromatic heterocycles. The van der Waals surface area contributed by atoms with Crippen molar-refractivity contribution < 1.29 is 28.6 Å². The highest BCUT2D eigenvalue weighted by atomic mass is 16.6. The highest BCUT2D eigenvalue weighted by Gasteiger charge is 2.19. The van der Waals surface area contributed by atoms with Crippen LogP contribution in [0.5, 0.6) is 0 Å². The van der Waals surface area contributed by atoms with Crippen molar-refractivity contribution in [1.29, 1.82) is 0 Å². The maximum atomic E-state index is 12.8. The Morgan fingerprint density at radius 1 is 0.294 bits per heavy atom.